The summed E-state index contributed by atoms with van der Waals surface area (Å²) < 4.78 is 0. The molecule has 3 rings (SSSR count). The zero-order valence-electron chi connectivity index (χ0n) is 11.8. The molecule has 0 spiro atoms. The number of hydrogen-bond acceptors (Lipinski definition) is 1. The molecule has 0 bridgehead atoms. The van der Waals surface area contributed by atoms with Gasteiger partial charge in [-0.15, -0.1) is 0 Å². The van der Waals surface area contributed by atoms with Crippen LogP contribution in [0.1, 0.15) is 11.1 Å². The van der Waals surface area contributed by atoms with Crippen LogP contribution in [0, 0.1) is 13.8 Å². The second-order valence-corrected chi connectivity index (χ2v) is 5.17. The van der Waals surface area contributed by atoms with Gasteiger partial charge in [0.15, 0.2) is 0 Å². The minimum Gasteiger partial charge on any atom is -0.256 e. The molecule has 0 saturated heterocycles. The van der Waals surface area contributed by atoms with Crippen molar-refractivity contribution in [2.24, 2.45) is 0 Å². The van der Waals surface area contributed by atoms with Crippen LogP contribution in [-0.2, 0) is 0 Å². The van der Waals surface area contributed by atoms with E-state index in [1.165, 1.54) is 27.8 Å². The molecule has 1 aromatic heterocycles. The van der Waals surface area contributed by atoms with Gasteiger partial charge in [0.2, 0.25) is 0 Å². The van der Waals surface area contributed by atoms with Gasteiger partial charge in [0.05, 0.1) is 5.69 Å². The highest BCUT2D eigenvalue weighted by molar-refractivity contribution is 5.70. The predicted molar refractivity (Wildman–Crippen MR) is 84.6 cm³/mol. The lowest BCUT2D eigenvalue weighted by molar-refractivity contribution is 1.32. The zero-order valence-corrected chi connectivity index (χ0v) is 11.8. The molecular weight excluding hydrogens is 242 g/mol. The molecule has 0 fully saturated rings. The Morgan fingerprint density at radius 3 is 2.20 bits per heavy atom. The van der Waals surface area contributed by atoms with E-state index in [2.05, 4.69) is 79.5 Å². The summed E-state index contributed by atoms with van der Waals surface area (Å²) in [6, 6.07) is 21.3. The van der Waals surface area contributed by atoms with E-state index in [1.807, 2.05) is 6.20 Å². The number of benzene rings is 2. The van der Waals surface area contributed by atoms with Crippen molar-refractivity contribution in [3.8, 4) is 22.4 Å². The summed E-state index contributed by atoms with van der Waals surface area (Å²) in [7, 11) is 0. The average Bonchev–Trinajstić information content (AvgIpc) is 2.48. The van der Waals surface area contributed by atoms with Crippen LogP contribution >= 0.6 is 0 Å². The van der Waals surface area contributed by atoms with Crippen LogP contribution in [0.15, 0.2) is 66.9 Å². The summed E-state index contributed by atoms with van der Waals surface area (Å²) in [6.45, 7) is 4.21. The van der Waals surface area contributed by atoms with E-state index in [-0.39, 0.29) is 0 Å². The van der Waals surface area contributed by atoms with Gasteiger partial charge in [-0.1, -0.05) is 53.6 Å². The Balaban J connectivity index is 2.03. The fourth-order valence-electron chi connectivity index (χ4n) is 2.32. The molecule has 20 heavy (non-hydrogen) atoms. The Morgan fingerprint density at radius 1 is 0.650 bits per heavy atom. The molecule has 0 amide bonds. The van der Waals surface area contributed by atoms with Crippen LogP contribution in [0.4, 0.5) is 0 Å². The fourth-order valence-corrected chi connectivity index (χ4v) is 2.32. The van der Waals surface area contributed by atoms with Crippen LogP contribution in [0.3, 0.4) is 0 Å². The highest BCUT2D eigenvalue weighted by atomic mass is 14.7. The Hall–Kier alpha value is -2.41. The molecule has 1 heterocycles. The summed E-state index contributed by atoms with van der Waals surface area (Å²) >= 11 is 0. The van der Waals surface area contributed by atoms with Crippen molar-refractivity contribution in [1.82, 2.24) is 4.98 Å². The first kappa shape index (κ1) is 12.6. The van der Waals surface area contributed by atoms with E-state index in [9.17, 15) is 0 Å². The van der Waals surface area contributed by atoms with Crippen LogP contribution in [0.25, 0.3) is 22.4 Å². The van der Waals surface area contributed by atoms with E-state index in [0.29, 0.717) is 0 Å². The molecular formula is C19H17N. The molecule has 0 aliphatic heterocycles. The first-order valence-electron chi connectivity index (χ1n) is 6.82. The SMILES string of the molecule is Cc1ccc(-c2ccnc(-c3cccc(C)c3)c2)cc1. The highest BCUT2D eigenvalue weighted by Crippen LogP contribution is 2.25. The Labute approximate surface area is 119 Å². The van der Waals surface area contributed by atoms with Gasteiger partial charge >= 0.3 is 0 Å². The molecule has 1 nitrogen and oxygen atoms in total. The average molecular weight is 259 g/mol. The maximum Gasteiger partial charge on any atom is 0.0708 e. The van der Waals surface area contributed by atoms with E-state index >= 15 is 0 Å². The van der Waals surface area contributed by atoms with Crippen LogP contribution < -0.4 is 0 Å². The summed E-state index contributed by atoms with van der Waals surface area (Å²) in [6.07, 6.45) is 1.88. The predicted octanol–water partition coefficient (Wildman–Crippen LogP) is 5.03. The van der Waals surface area contributed by atoms with Gasteiger partial charge in [-0.25, -0.2) is 0 Å². The van der Waals surface area contributed by atoms with E-state index in [1.54, 1.807) is 0 Å². The minimum atomic E-state index is 1.02. The normalized spacial score (nSPS) is 10.5. The van der Waals surface area contributed by atoms with Gasteiger partial charge in [-0.3, -0.25) is 4.98 Å². The zero-order chi connectivity index (χ0) is 13.9. The van der Waals surface area contributed by atoms with Crippen molar-refractivity contribution in [3.05, 3.63) is 78.0 Å². The van der Waals surface area contributed by atoms with Gasteiger partial charge < -0.3 is 0 Å². The molecule has 0 radical (unpaired) electrons. The number of pyridine rings is 1. The third-order valence-corrected chi connectivity index (χ3v) is 3.46. The second kappa shape index (κ2) is 5.30. The summed E-state index contributed by atoms with van der Waals surface area (Å²) in [5, 5.41) is 0. The van der Waals surface area contributed by atoms with Crippen LogP contribution in [0.5, 0.6) is 0 Å². The largest absolute Gasteiger partial charge is 0.256 e. The van der Waals surface area contributed by atoms with Crippen LogP contribution in [0.2, 0.25) is 0 Å². The Morgan fingerprint density at radius 2 is 1.45 bits per heavy atom. The number of hydrogen-bond donors (Lipinski definition) is 0. The van der Waals surface area contributed by atoms with Crippen molar-refractivity contribution in [2.75, 3.05) is 0 Å². The lowest BCUT2D eigenvalue weighted by Gasteiger charge is -2.06. The number of nitrogens with zero attached hydrogens (tertiary/aromatic N) is 1. The second-order valence-electron chi connectivity index (χ2n) is 5.17. The van der Waals surface area contributed by atoms with Gasteiger partial charge in [0, 0.05) is 11.8 Å². The van der Waals surface area contributed by atoms with Gasteiger partial charge in [-0.2, -0.15) is 0 Å². The van der Waals surface area contributed by atoms with Gasteiger partial charge in [0.25, 0.3) is 0 Å². The lowest BCUT2D eigenvalue weighted by Crippen LogP contribution is -1.86. The highest BCUT2D eigenvalue weighted by Gasteiger charge is 2.03. The van der Waals surface area contributed by atoms with Crippen LogP contribution in [-0.4, -0.2) is 4.98 Å². The quantitative estimate of drug-likeness (QED) is 0.628. The molecule has 0 aliphatic carbocycles. The van der Waals surface area contributed by atoms with Crippen molar-refractivity contribution < 1.29 is 0 Å². The van der Waals surface area contributed by atoms with Crippen molar-refractivity contribution >= 4 is 0 Å². The summed E-state index contributed by atoms with van der Waals surface area (Å²) in [5.41, 5.74) is 7.15. The van der Waals surface area contributed by atoms with E-state index in [4.69, 9.17) is 0 Å². The maximum absolute atomic E-state index is 4.49. The van der Waals surface area contributed by atoms with Gasteiger partial charge in [-0.05, 0) is 43.2 Å². The topological polar surface area (TPSA) is 12.9 Å². The first-order chi connectivity index (χ1) is 9.72. The summed E-state index contributed by atoms with van der Waals surface area (Å²) in [5.74, 6) is 0. The molecule has 0 aliphatic rings. The molecule has 0 atom stereocenters. The third-order valence-electron chi connectivity index (χ3n) is 3.46. The fraction of sp³-hybridized carbons (Fsp3) is 0.105. The molecule has 0 saturated carbocycles. The smallest absolute Gasteiger partial charge is 0.0708 e. The number of aromatic nitrogens is 1. The van der Waals surface area contributed by atoms with Crippen molar-refractivity contribution in [2.45, 2.75) is 13.8 Å². The Kier molecular flexibility index (Phi) is 3.34. The third kappa shape index (κ3) is 2.62. The maximum atomic E-state index is 4.49. The Bertz CT molecular complexity index is 727. The van der Waals surface area contributed by atoms with E-state index < -0.39 is 0 Å². The molecule has 0 unspecified atom stereocenters. The molecule has 98 valence electrons. The molecule has 2 aromatic carbocycles. The molecule has 0 N–H and O–H groups in total. The van der Waals surface area contributed by atoms with Crippen molar-refractivity contribution in [1.29, 1.82) is 0 Å². The van der Waals surface area contributed by atoms with Gasteiger partial charge in [0.1, 0.15) is 0 Å². The molecule has 1 heteroatoms. The van der Waals surface area contributed by atoms with E-state index in [0.717, 1.165) is 5.69 Å². The molecule has 3 aromatic rings. The number of aryl methyl sites for hydroxylation is 2. The first-order valence-corrected chi connectivity index (χ1v) is 6.82. The minimum absolute atomic E-state index is 1.02. The summed E-state index contributed by atoms with van der Waals surface area (Å²) in [4.78, 5) is 4.49. The monoisotopic (exact) mass is 259 g/mol. The lowest BCUT2D eigenvalue weighted by atomic mass is 10.0. The number of rotatable bonds is 2. The van der Waals surface area contributed by atoms with Crippen molar-refractivity contribution in [3.63, 3.8) is 0 Å². The standard InChI is InChI=1S/C19H17N/c1-14-6-8-16(9-7-14)17-10-11-20-19(13-17)18-5-3-4-15(2)12-18/h3-13H,1-2H3.